The van der Waals surface area contributed by atoms with Crippen LogP contribution in [0.3, 0.4) is 0 Å². The van der Waals surface area contributed by atoms with Crippen molar-refractivity contribution in [3.05, 3.63) is 25.1 Å². The van der Waals surface area contributed by atoms with Crippen molar-refractivity contribution in [3.8, 4) is 0 Å². The Morgan fingerprint density at radius 1 is 1.45 bits per heavy atom. The largest absolute Gasteiger partial charge is 0.279 e. The molecule has 58 valence electrons. The number of rotatable bonds is 1. The first-order valence-corrected chi connectivity index (χ1v) is 5.58. The third-order valence-corrected chi connectivity index (χ3v) is 2.85. The Kier molecular flexibility index (Phi) is 3.69. The maximum absolute atomic E-state index is 10.9. The molecule has 2 nitrogen and oxygen atoms in total. The molecule has 0 spiro atoms. The smallest absolute Gasteiger partial charge is 0.247 e. The van der Waals surface area contributed by atoms with E-state index in [1.807, 2.05) is 12.1 Å². The highest BCUT2D eigenvalue weighted by Crippen LogP contribution is 2.14. The summed E-state index contributed by atoms with van der Waals surface area (Å²) < 4.78 is 1.52. The number of hydrogen-bond acceptors (Lipinski definition) is 2. The molecule has 0 aromatic carbocycles. The van der Waals surface area contributed by atoms with Gasteiger partial charge in [0.1, 0.15) is 9.39 Å². The lowest BCUT2D eigenvalue weighted by molar-refractivity contribution is 0.109. The van der Waals surface area contributed by atoms with Crippen molar-refractivity contribution in [2.45, 2.75) is 0 Å². The topological polar surface area (TPSA) is 30.0 Å². The van der Waals surface area contributed by atoms with Crippen LogP contribution < -0.4 is 0 Å². The minimum atomic E-state index is -0.166. The van der Waals surface area contributed by atoms with Crippen molar-refractivity contribution >= 4 is 65.8 Å². The monoisotopic (exact) mass is 437 g/mol. The summed E-state index contributed by atoms with van der Waals surface area (Å²) in [6, 6.07) is 3.73. The fourth-order valence-electron chi connectivity index (χ4n) is 0.556. The third-order valence-electron chi connectivity index (χ3n) is 0.998. The van der Waals surface area contributed by atoms with Gasteiger partial charge in [0.15, 0.2) is 0 Å². The zero-order chi connectivity index (χ0) is 8.43. The average molecular weight is 438 g/mol. The van der Waals surface area contributed by atoms with Gasteiger partial charge in [-0.25, -0.2) is 4.98 Å². The molecule has 0 atom stereocenters. The predicted molar refractivity (Wildman–Crippen MR) is 62.9 cm³/mol. The standard InChI is InChI=1S/C6H2BrI2NO/c7-6(11)5-3(8)1-2-4(9)10-5/h1-2H. The van der Waals surface area contributed by atoms with Gasteiger partial charge in [0.05, 0.1) is 0 Å². The van der Waals surface area contributed by atoms with Crippen molar-refractivity contribution in [1.29, 1.82) is 0 Å². The molecule has 5 heteroatoms. The Bertz CT molecular complexity index is 303. The first-order valence-electron chi connectivity index (χ1n) is 2.63. The Morgan fingerprint density at radius 3 is 2.55 bits per heavy atom. The second-order valence-corrected chi connectivity index (χ2v) is 4.73. The Labute approximate surface area is 99.6 Å². The highest BCUT2D eigenvalue weighted by Gasteiger charge is 2.07. The van der Waals surface area contributed by atoms with Crippen molar-refractivity contribution in [2.24, 2.45) is 0 Å². The number of aromatic nitrogens is 1. The Balaban J connectivity index is 3.23. The number of nitrogens with zero attached hydrogens (tertiary/aromatic N) is 1. The molecular weight excluding hydrogens is 436 g/mol. The zero-order valence-electron chi connectivity index (χ0n) is 5.14. The molecule has 0 saturated carbocycles. The van der Waals surface area contributed by atoms with Gasteiger partial charge in [0.2, 0.25) is 4.69 Å². The van der Waals surface area contributed by atoms with Crippen LogP contribution in [0.1, 0.15) is 10.5 Å². The molecule has 0 bridgehead atoms. The lowest BCUT2D eigenvalue weighted by Gasteiger charge is -1.96. The highest BCUT2D eigenvalue weighted by molar-refractivity contribution is 14.1. The first-order chi connectivity index (χ1) is 5.11. The predicted octanol–water partition coefficient (Wildman–Crippen LogP) is 2.83. The summed E-state index contributed by atoms with van der Waals surface area (Å²) in [6.45, 7) is 0. The van der Waals surface area contributed by atoms with E-state index in [1.165, 1.54) is 0 Å². The maximum Gasteiger partial charge on any atom is 0.247 e. The van der Waals surface area contributed by atoms with Gasteiger partial charge in [-0.3, -0.25) is 4.79 Å². The summed E-state index contributed by atoms with van der Waals surface area (Å²) >= 11 is 7.00. The number of hydrogen-bond donors (Lipinski definition) is 0. The lowest BCUT2D eigenvalue weighted by atomic mass is 10.4. The molecule has 0 aliphatic carbocycles. The van der Waals surface area contributed by atoms with Gasteiger partial charge in [-0.1, -0.05) is 0 Å². The van der Waals surface area contributed by atoms with Gasteiger partial charge in [-0.2, -0.15) is 0 Å². The van der Waals surface area contributed by atoms with Crippen molar-refractivity contribution in [3.63, 3.8) is 0 Å². The van der Waals surface area contributed by atoms with Gasteiger partial charge in [0, 0.05) is 3.57 Å². The van der Waals surface area contributed by atoms with Gasteiger partial charge in [0.25, 0.3) is 0 Å². The van der Waals surface area contributed by atoms with Crippen molar-refractivity contribution in [1.82, 2.24) is 4.98 Å². The molecule has 0 saturated heterocycles. The quantitative estimate of drug-likeness (QED) is 0.384. The van der Waals surface area contributed by atoms with Gasteiger partial charge in [-0.15, -0.1) is 0 Å². The first kappa shape index (κ1) is 9.85. The number of halogens is 3. The molecule has 0 radical (unpaired) electrons. The Hall–Kier alpha value is 0.760. The summed E-state index contributed by atoms with van der Waals surface area (Å²) in [5, 5.41) is 0. The SMILES string of the molecule is O=C(Br)c1nc(I)ccc1I. The van der Waals surface area contributed by atoms with E-state index < -0.39 is 0 Å². The molecule has 1 aromatic rings. The lowest BCUT2D eigenvalue weighted by Crippen LogP contribution is -1.98. The minimum absolute atomic E-state index is 0.166. The molecule has 0 aliphatic heterocycles. The molecule has 0 amide bonds. The minimum Gasteiger partial charge on any atom is -0.279 e. The van der Waals surface area contributed by atoms with Crippen LogP contribution in [0.4, 0.5) is 0 Å². The van der Waals surface area contributed by atoms with Crippen LogP contribution in [-0.2, 0) is 0 Å². The van der Waals surface area contributed by atoms with E-state index in [-0.39, 0.29) is 4.69 Å². The van der Waals surface area contributed by atoms with Crippen molar-refractivity contribution < 1.29 is 4.79 Å². The van der Waals surface area contributed by atoms with Gasteiger partial charge >= 0.3 is 0 Å². The van der Waals surface area contributed by atoms with Crippen LogP contribution in [0.15, 0.2) is 12.1 Å². The molecule has 1 heterocycles. The summed E-state index contributed by atoms with van der Waals surface area (Å²) in [4.78, 5) is 14.9. The highest BCUT2D eigenvalue weighted by atomic mass is 127. The zero-order valence-corrected chi connectivity index (χ0v) is 11.0. The molecule has 0 N–H and O–H groups in total. The molecule has 0 aliphatic rings. The Morgan fingerprint density at radius 2 is 2.09 bits per heavy atom. The van der Waals surface area contributed by atoms with Crippen LogP contribution >= 0.6 is 61.1 Å². The normalized spacial score (nSPS) is 9.73. The molecule has 0 unspecified atom stereocenters. The average Bonchev–Trinajstić information content (AvgIpc) is 1.94. The van der Waals surface area contributed by atoms with Crippen LogP contribution in [0.25, 0.3) is 0 Å². The molecule has 1 aromatic heterocycles. The maximum atomic E-state index is 10.9. The van der Waals surface area contributed by atoms with E-state index in [9.17, 15) is 4.79 Å². The summed E-state index contributed by atoms with van der Waals surface area (Å²) in [5.41, 5.74) is 0.484. The number of pyridine rings is 1. The van der Waals surface area contributed by atoms with Crippen molar-refractivity contribution in [2.75, 3.05) is 0 Å². The van der Waals surface area contributed by atoms with E-state index in [0.717, 1.165) is 7.27 Å². The van der Waals surface area contributed by atoms with E-state index >= 15 is 0 Å². The van der Waals surface area contributed by atoms with E-state index in [0.29, 0.717) is 5.69 Å². The fourth-order valence-corrected chi connectivity index (χ4v) is 2.20. The molecular formula is C6H2BrI2NO. The van der Waals surface area contributed by atoms with E-state index in [1.54, 1.807) is 0 Å². The number of carbonyl (C=O) groups excluding carboxylic acids is 1. The second-order valence-electron chi connectivity index (χ2n) is 1.74. The summed E-state index contributed by atoms with van der Waals surface area (Å²) in [6.07, 6.45) is 0. The van der Waals surface area contributed by atoms with E-state index in [4.69, 9.17) is 0 Å². The van der Waals surface area contributed by atoms with Crippen LogP contribution in [-0.4, -0.2) is 9.68 Å². The van der Waals surface area contributed by atoms with Crippen LogP contribution in [0.5, 0.6) is 0 Å². The van der Waals surface area contributed by atoms with Crippen LogP contribution in [0, 0.1) is 7.27 Å². The van der Waals surface area contributed by atoms with Gasteiger partial charge < -0.3 is 0 Å². The van der Waals surface area contributed by atoms with Crippen LogP contribution in [0.2, 0.25) is 0 Å². The molecule has 11 heavy (non-hydrogen) atoms. The second kappa shape index (κ2) is 4.13. The molecule has 0 fully saturated rings. The van der Waals surface area contributed by atoms with Gasteiger partial charge in [-0.05, 0) is 73.2 Å². The molecule has 1 rings (SSSR count). The summed E-state index contributed by atoms with van der Waals surface area (Å²) in [5.74, 6) is 0. The van der Waals surface area contributed by atoms with E-state index in [2.05, 4.69) is 66.1 Å². The third kappa shape index (κ3) is 2.62. The summed E-state index contributed by atoms with van der Waals surface area (Å²) in [7, 11) is 0. The fraction of sp³-hybridized carbons (Fsp3) is 0. The number of carbonyl (C=O) groups is 1.